The van der Waals surface area contributed by atoms with Crippen molar-refractivity contribution in [2.75, 3.05) is 36.4 Å². The Morgan fingerprint density at radius 1 is 0.971 bits per heavy atom. The first-order chi connectivity index (χ1) is 16.8. The average Bonchev–Trinajstić information content (AvgIpc) is 3.30. The fraction of sp³-hybridized carbons (Fsp3) is 0.360. The molecule has 10 heteroatoms. The van der Waals surface area contributed by atoms with E-state index in [1.807, 2.05) is 61.5 Å². The Hall–Kier alpha value is -2.79. The highest BCUT2D eigenvalue weighted by Gasteiger charge is 2.25. The molecule has 2 amide bonds. The van der Waals surface area contributed by atoms with Crippen molar-refractivity contribution in [2.24, 2.45) is 5.14 Å². The third kappa shape index (κ3) is 7.11. The molecule has 3 rings (SSSR count). The molecule has 0 bridgehead atoms. The van der Waals surface area contributed by atoms with E-state index in [1.165, 1.54) is 4.90 Å². The van der Waals surface area contributed by atoms with Crippen LogP contribution in [0.3, 0.4) is 0 Å². The zero-order valence-corrected chi connectivity index (χ0v) is 22.0. The van der Waals surface area contributed by atoms with Gasteiger partial charge in [-0.2, -0.15) is 0 Å². The second-order valence-electron chi connectivity index (χ2n) is 8.03. The number of amides is 2. The summed E-state index contributed by atoms with van der Waals surface area (Å²) in [6, 6.07) is 17.2. The van der Waals surface area contributed by atoms with E-state index in [-0.39, 0.29) is 10.2 Å². The van der Waals surface area contributed by atoms with Gasteiger partial charge in [0.15, 0.2) is 9.34 Å². The van der Waals surface area contributed by atoms with Gasteiger partial charge >= 0.3 is 6.03 Å². The standard InChI is InChI=1S/C25H33N5O3S2/c1-4-22-23(35(26,32)33)34-25(28-22)30(18-10-17-29(5-2)6-3)24(31)27-21-15-13-20(14-16-21)19-11-8-7-9-12-19/h7-9,11-16H,4-6,10,17-18H2,1-3H3,(H,27,31)(H2,26,32,33). The molecule has 2 aromatic carbocycles. The number of urea groups is 1. The summed E-state index contributed by atoms with van der Waals surface area (Å²) in [7, 11) is -3.93. The number of anilines is 2. The normalized spacial score (nSPS) is 11.6. The van der Waals surface area contributed by atoms with E-state index in [2.05, 4.69) is 29.0 Å². The van der Waals surface area contributed by atoms with Crippen molar-refractivity contribution in [1.29, 1.82) is 0 Å². The number of nitrogens with zero attached hydrogens (tertiary/aromatic N) is 3. The minimum Gasteiger partial charge on any atom is -0.307 e. The summed E-state index contributed by atoms with van der Waals surface area (Å²) in [6.07, 6.45) is 1.12. The van der Waals surface area contributed by atoms with Gasteiger partial charge in [-0.15, -0.1) is 0 Å². The Balaban J connectivity index is 1.83. The minimum absolute atomic E-state index is 0.00348. The molecule has 8 nitrogen and oxygen atoms in total. The molecular weight excluding hydrogens is 482 g/mol. The van der Waals surface area contributed by atoms with Gasteiger partial charge in [-0.3, -0.25) is 4.90 Å². The molecule has 35 heavy (non-hydrogen) atoms. The summed E-state index contributed by atoms with van der Waals surface area (Å²) < 4.78 is 24.1. The quantitative estimate of drug-likeness (QED) is 0.382. The summed E-state index contributed by atoms with van der Waals surface area (Å²) in [5.74, 6) is 0. The van der Waals surface area contributed by atoms with Crippen molar-refractivity contribution < 1.29 is 13.2 Å². The maximum Gasteiger partial charge on any atom is 0.328 e. The molecule has 0 spiro atoms. The Morgan fingerprint density at radius 3 is 2.14 bits per heavy atom. The van der Waals surface area contributed by atoms with Gasteiger partial charge in [-0.25, -0.2) is 23.3 Å². The molecule has 0 aliphatic heterocycles. The topological polar surface area (TPSA) is 109 Å². The molecule has 0 aliphatic carbocycles. The van der Waals surface area contributed by atoms with Crippen molar-refractivity contribution in [3.63, 3.8) is 0 Å². The maximum atomic E-state index is 13.3. The first-order valence-corrected chi connectivity index (χ1v) is 14.1. The van der Waals surface area contributed by atoms with Gasteiger partial charge in [0.05, 0.1) is 5.69 Å². The molecule has 0 aliphatic rings. The number of nitrogens with one attached hydrogen (secondary N) is 1. The van der Waals surface area contributed by atoms with Gasteiger partial charge < -0.3 is 10.2 Å². The fourth-order valence-corrected chi connectivity index (χ4v) is 5.85. The van der Waals surface area contributed by atoms with Gasteiger partial charge in [0.1, 0.15) is 0 Å². The molecule has 1 aromatic heterocycles. The van der Waals surface area contributed by atoms with Crippen LogP contribution < -0.4 is 15.4 Å². The monoisotopic (exact) mass is 515 g/mol. The van der Waals surface area contributed by atoms with Crippen LogP contribution in [0.2, 0.25) is 0 Å². The van der Waals surface area contributed by atoms with E-state index in [1.54, 1.807) is 0 Å². The fourth-order valence-electron chi connectivity index (χ4n) is 3.73. The third-order valence-corrected chi connectivity index (χ3v) is 8.33. The molecule has 188 valence electrons. The summed E-state index contributed by atoms with van der Waals surface area (Å²) in [6.45, 7) is 9.06. The number of thiazole rings is 1. The van der Waals surface area contributed by atoms with Crippen LogP contribution in [0, 0.1) is 0 Å². The summed E-state index contributed by atoms with van der Waals surface area (Å²) in [5, 5.41) is 8.65. The lowest BCUT2D eigenvalue weighted by atomic mass is 10.1. The van der Waals surface area contributed by atoms with Crippen LogP contribution in [-0.2, 0) is 16.4 Å². The number of aromatic nitrogens is 1. The predicted octanol–water partition coefficient (Wildman–Crippen LogP) is 4.79. The zero-order chi connectivity index (χ0) is 25.4. The van der Waals surface area contributed by atoms with Crippen molar-refractivity contribution in [3.05, 3.63) is 60.3 Å². The molecule has 0 radical (unpaired) electrons. The van der Waals surface area contributed by atoms with E-state index in [0.29, 0.717) is 35.9 Å². The van der Waals surface area contributed by atoms with Crippen LogP contribution in [0.1, 0.15) is 32.9 Å². The highest BCUT2D eigenvalue weighted by Crippen LogP contribution is 2.31. The lowest BCUT2D eigenvalue weighted by Crippen LogP contribution is -2.37. The van der Waals surface area contributed by atoms with E-state index >= 15 is 0 Å². The van der Waals surface area contributed by atoms with E-state index in [4.69, 9.17) is 5.14 Å². The molecular formula is C25H33N5O3S2. The third-order valence-electron chi connectivity index (χ3n) is 5.71. The molecule has 0 saturated heterocycles. The lowest BCUT2D eigenvalue weighted by Gasteiger charge is -2.23. The van der Waals surface area contributed by atoms with Crippen molar-refractivity contribution in [3.8, 4) is 11.1 Å². The van der Waals surface area contributed by atoms with E-state index in [9.17, 15) is 13.2 Å². The maximum absolute atomic E-state index is 13.3. The van der Waals surface area contributed by atoms with E-state index < -0.39 is 10.0 Å². The number of sulfonamides is 1. The van der Waals surface area contributed by atoms with Gasteiger partial charge in [0, 0.05) is 12.2 Å². The first-order valence-electron chi connectivity index (χ1n) is 11.8. The van der Waals surface area contributed by atoms with Crippen molar-refractivity contribution >= 4 is 38.2 Å². The van der Waals surface area contributed by atoms with Gasteiger partial charge in [0.25, 0.3) is 0 Å². The number of primary sulfonamides is 1. The van der Waals surface area contributed by atoms with Crippen LogP contribution >= 0.6 is 11.3 Å². The number of benzene rings is 2. The average molecular weight is 516 g/mol. The van der Waals surface area contributed by atoms with E-state index in [0.717, 1.165) is 42.1 Å². The first kappa shape index (κ1) is 26.8. The largest absolute Gasteiger partial charge is 0.328 e. The second-order valence-corrected chi connectivity index (χ2v) is 10.8. The Labute approximate surface area is 211 Å². The number of rotatable bonds is 11. The molecule has 3 N–H and O–H groups in total. The van der Waals surface area contributed by atoms with Gasteiger partial charge in [0.2, 0.25) is 10.0 Å². The lowest BCUT2D eigenvalue weighted by molar-refractivity contribution is 0.255. The summed E-state index contributed by atoms with van der Waals surface area (Å²) in [5.41, 5.74) is 3.16. The van der Waals surface area contributed by atoms with Crippen molar-refractivity contribution in [2.45, 2.75) is 37.8 Å². The number of hydrogen-bond donors (Lipinski definition) is 2. The number of carbonyl (C=O) groups excluding carboxylic acids is 1. The Morgan fingerprint density at radius 2 is 1.60 bits per heavy atom. The Bertz CT molecular complexity index is 1210. The number of nitrogens with two attached hydrogens (primary N) is 1. The molecule has 1 heterocycles. The highest BCUT2D eigenvalue weighted by atomic mass is 32.2. The van der Waals surface area contributed by atoms with Crippen molar-refractivity contribution in [1.82, 2.24) is 9.88 Å². The zero-order valence-electron chi connectivity index (χ0n) is 20.4. The molecule has 3 aromatic rings. The molecule has 0 fully saturated rings. The SMILES string of the molecule is CCc1nc(N(CCCN(CC)CC)C(=O)Nc2ccc(-c3ccccc3)cc2)sc1S(N)(=O)=O. The van der Waals surface area contributed by atoms with Crippen LogP contribution in [0.4, 0.5) is 15.6 Å². The molecule has 0 unspecified atom stereocenters. The van der Waals surface area contributed by atoms with Gasteiger partial charge in [-0.1, -0.05) is 74.6 Å². The van der Waals surface area contributed by atoms with Crippen LogP contribution in [0.5, 0.6) is 0 Å². The summed E-state index contributed by atoms with van der Waals surface area (Å²) >= 11 is 0.936. The van der Waals surface area contributed by atoms with Crippen LogP contribution in [-0.4, -0.2) is 50.5 Å². The predicted molar refractivity (Wildman–Crippen MR) is 144 cm³/mol. The number of hydrogen-bond acceptors (Lipinski definition) is 6. The molecule has 0 atom stereocenters. The Kier molecular flexibility index (Phi) is 9.39. The van der Waals surface area contributed by atoms with Crippen LogP contribution in [0.15, 0.2) is 58.8 Å². The highest BCUT2D eigenvalue weighted by molar-refractivity contribution is 7.91. The molecule has 0 saturated carbocycles. The van der Waals surface area contributed by atoms with Gasteiger partial charge in [-0.05, 0) is 55.7 Å². The number of carbonyl (C=O) groups is 1. The number of aryl methyl sites for hydroxylation is 1. The summed E-state index contributed by atoms with van der Waals surface area (Å²) in [4.78, 5) is 21.6. The minimum atomic E-state index is -3.93. The smallest absolute Gasteiger partial charge is 0.307 e. The van der Waals surface area contributed by atoms with Crippen LogP contribution in [0.25, 0.3) is 11.1 Å². The second kappa shape index (κ2) is 12.3.